The van der Waals surface area contributed by atoms with Crippen LogP contribution in [0.25, 0.3) is 0 Å². The molecule has 0 bridgehead atoms. The summed E-state index contributed by atoms with van der Waals surface area (Å²) in [6, 6.07) is 0. The average Bonchev–Trinajstić information content (AvgIpc) is 3.15. The number of hydrogen-bond donors (Lipinski definition) is 0. The second kappa shape index (κ2) is 30.8. The highest BCUT2D eigenvalue weighted by atomic mass is 31.2. The second-order valence-electron chi connectivity index (χ2n) is 14.4. The Labute approximate surface area is 335 Å². The average molecular weight is 805 g/mol. The van der Waals surface area contributed by atoms with E-state index in [0.29, 0.717) is 57.8 Å². The van der Waals surface area contributed by atoms with Gasteiger partial charge in [0.25, 0.3) is 5.79 Å². The van der Waals surface area contributed by atoms with Crippen LogP contribution in [-0.4, -0.2) is 81.0 Å². The minimum Gasteiger partial charge on any atom is -0.348 e. The van der Waals surface area contributed by atoms with Gasteiger partial charge in [-0.3, -0.25) is 18.7 Å². The van der Waals surface area contributed by atoms with Crippen molar-refractivity contribution in [3.63, 3.8) is 0 Å². The zero-order valence-electron chi connectivity index (χ0n) is 36.6. The predicted molar refractivity (Wildman–Crippen MR) is 221 cm³/mol. The third kappa shape index (κ3) is 17.2. The lowest BCUT2D eigenvalue weighted by Gasteiger charge is -2.53. The third-order valence-corrected chi connectivity index (χ3v) is 11.3. The highest BCUT2D eigenvalue weighted by Crippen LogP contribution is 2.68. The molecule has 0 N–H and O–H groups in total. The Bertz CT molecular complexity index is 1090. The maximum absolute atomic E-state index is 16.5. The zero-order chi connectivity index (χ0) is 41.8. The van der Waals surface area contributed by atoms with Crippen LogP contribution in [0, 0.1) is 0 Å². The van der Waals surface area contributed by atoms with Gasteiger partial charge in [0, 0.05) is 13.2 Å². The van der Waals surface area contributed by atoms with Gasteiger partial charge in [0.1, 0.15) is 12.2 Å². The first-order valence-corrected chi connectivity index (χ1v) is 23.0. The largest absolute Gasteiger partial charge is 0.396 e. The molecule has 12 heteroatoms. The first-order valence-electron chi connectivity index (χ1n) is 21.5. The highest BCUT2D eigenvalue weighted by Gasteiger charge is 2.75. The molecule has 0 aliphatic heterocycles. The van der Waals surface area contributed by atoms with Gasteiger partial charge >= 0.3 is 13.1 Å². The fourth-order valence-electron chi connectivity index (χ4n) is 5.52. The lowest BCUT2D eigenvalue weighted by Crippen LogP contribution is -2.69. The summed E-state index contributed by atoms with van der Waals surface area (Å²) < 4.78 is 70.9. The van der Waals surface area contributed by atoms with E-state index in [-0.39, 0.29) is 69.4 Å². The molecule has 4 unspecified atom stereocenters. The molecule has 0 rings (SSSR count). The molecule has 0 saturated carbocycles. The van der Waals surface area contributed by atoms with E-state index in [0.717, 1.165) is 32.1 Å². The Morgan fingerprint density at radius 2 is 0.927 bits per heavy atom. The molecule has 0 aliphatic carbocycles. The fraction of sp³-hybridized carbons (Fsp3) is 0.860. The van der Waals surface area contributed by atoms with Crippen molar-refractivity contribution in [3.05, 3.63) is 24.3 Å². The molecular weight excluding hydrogens is 723 g/mol. The molecule has 0 amide bonds. The summed E-state index contributed by atoms with van der Waals surface area (Å²) in [7, 11) is -4.93. The summed E-state index contributed by atoms with van der Waals surface area (Å²) in [5.41, 5.74) is -2.05. The number of Topliss-reactive ketones (excluding diaryl/α,β-unsaturated/α-hetero) is 2. The van der Waals surface area contributed by atoms with Gasteiger partial charge in [0.05, 0.1) is 26.4 Å². The molecule has 0 aromatic rings. The van der Waals surface area contributed by atoms with Crippen molar-refractivity contribution in [1.82, 2.24) is 0 Å². The number of hydrogen-bond acceptors (Lipinski definition) is 11. The molecule has 0 spiro atoms. The Balaban J connectivity index is 8.97. The van der Waals surface area contributed by atoms with Crippen LogP contribution >= 0.6 is 7.60 Å². The van der Waals surface area contributed by atoms with E-state index < -0.39 is 43.2 Å². The Kier molecular flexibility index (Phi) is 30.0. The summed E-state index contributed by atoms with van der Waals surface area (Å²) in [5.74, 6) is -3.18. The van der Waals surface area contributed by atoms with Gasteiger partial charge < -0.3 is 32.9 Å². The van der Waals surface area contributed by atoms with E-state index in [9.17, 15) is 9.59 Å². The number of ketones is 2. The van der Waals surface area contributed by atoms with Gasteiger partial charge in [0.15, 0.2) is 11.6 Å². The quantitative estimate of drug-likeness (QED) is 0.0255. The van der Waals surface area contributed by atoms with Crippen molar-refractivity contribution in [2.45, 2.75) is 202 Å². The van der Waals surface area contributed by atoms with Gasteiger partial charge in [-0.05, 0) is 76.4 Å². The normalized spacial score (nSPS) is 15.4. The Morgan fingerprint density at radius 1 is 0.545 bits per heavy atom. The van der Waals surface area contributed by atoms with E-state index in [1.165, 1.54) is 0 Å². The lowest BCUT2D eigenvalue weighted by atomic mass is 10.0. The first kappa shape index (κ1) is 53.7. The highest BCUT2D eigenvalue weighted by molar-refractivity contribution is 7.55. The van der Waals surface area contributed by atoms with Crippen molar-refractivity contribution < 1.29 is 51.6 Å². The number of carbonyl (C=O) groups excluding carboxylic acids is 2. The smallest absolute Gasteiger partial charge is 0.348 e. The van der Waals surface area contributed by atoms with Gasteiger partial charge in [0.2, 0.25) is 6.29 Å². The van der Waals surface area contributed by atoms with E-state index in [1.54, 1.807) is 13.8 Å². The van der Waals surface area contributed by atoms with E-state index in [4.69, 9.17) is 37.5 Å². The molecule has 0 fully saturated rings. The fourth-order valence-corrected chi connectivity index (χ4v) is 7.90. The van der Waals surface area contributed by atoms with Crippen LogP contribution in [0.2, 0.25) is 0 Å². The maximum atomic E-state index is 16.5. The van der Waals surface area contributed by atoms with Crippen molar-refractivity contribution in [3.8, 4) is 0 Å². The number of ether oxygens (including phenoxy) is 6. The van der Waals surface area contributed by atoms with Crippen LogP contribution in [0.5, 0.6) is 0 Å². The summed E-state index contributed by atoms with van der Waals surface area (Å²) in [5, 5.41) is 0. The second-order valence-corrected chi connectivity index (χ2v) is 16.4. The summed E-state index contributed by atoms with van der Waals surface area (Å²) >= 11 is 0. The standard InChI is InChI=1S/C43H81O11P/c1-13-21-29-47-41(48-30-22-14-2)42(49-31-23-15-3,53-37(27-19-7)39(44)35(9)10)43(50-32-24-16-4,51-33-25-17-5)55(46,52-34-26-18-6)54-38(28-20-8)40(45)36(11)12/h37-38,41H,9,11,13-34H2,1-8,10,12H3. The molecule has 324 valence electrons. The van der Waals surface area contributed by atoms with Crippen LogP contribution in [-0.2, 0) is 51.6 Å². The molecule has 0 heterocycles. The molecule has 0 aromatic carbocycles. The van der Waals surface area contributed by atoms with Crippen LogP contribution in [0.4, 0.5) is 0 Å². The molecule has 0 radical (unpaired) electrons. The minimum absolute atomic E-state index is 0.0178. The van der Waals surface area contributed by atoms with Gasteiger partial charge in [-0.15, -0.1) is 0 Å². The van der Waals surface area contributed by atoms with Gasteiger partial charge in [-0.25, -0.2) is 0 Å². The molecule has 0 aliphatic rings. The SMILES string of the molecule is C=C(C)C(=O)C(CCC)OC(OCCCC)(C(OCCCC)OCCCC)C(OCCCC)(OCCCC)P(=O)(OCCCC)OC(CCC)C(=O)C(=C)C. The first-order chi connectivity index (χ1) is 26.3. The van der Waals surface area contributed by atoms with E-state index in [2.05, 4.69) is 13.2 Å². The number of rotatable bonds is 39. The summed E-state index contributed by atoms with van der Waals surface area (Å²) in [4.78, 5) is 27.9. The maximum Gasteiger partial charge on any atom is 0.396 e. The number of unbranched alkanes of at least 4 members (excludes halogenated alkanes) is 6. The topological polar surface area (TPSA) is 125 Å². The van der Waals surface area contributed by atoms with Crippen molar-refractivity contribution in [2.75, 3.05) is 39.6 Å². The molecule has 0 saturated heterocycles. The molecule has 0 aromatic heterocycles. The van der Waals surface area contributed by atoms with Gasteiger partial charge in [-0.1, -0.05) is 120 Å². The molecule has 11 nitrogen and oxygen atoms in total. The molecule has 55 heavy (non-hydrogen) atoms. The summed E-state index contributed by atoms with van der Waals surface area (Å²) in [6.07, 6.45) is 5.71. The molecule has 4 atom stereocenters. The monoisotopic (exact) mass is 805 g/mol. The van der Waals surface area contributed by atoms with Crippen molar-refractivity contribution in [2.24, 2.45) is 0 Å². The van der Waals surface area contributed by atoms with E-state index >= 15 is 4.57 Å². The van der Waals surface area contributed by atoms with Crippen molar-refractivity contribution >= 4 is 19.2 Å². The molecular formula is C43H81O11P. The van der Waals surface area contributed by atoms with Gasteiger partial charge in [-0.2, -0.15) is 0 Å². The Morgan fingerprint density at radius 3 is 1.35 bits per heavy atom. The lowest BCUT2D eigenvalue weighted by molar-refractivity contribution is -0.447. The van der Waals surface area contributed by atoms with Crippen LogP contribution in [0.15, 0.2) is 24.3 Å². The predicted octanol–water partition coefficient (Wildman–Crippen LogP) is 11.4. The van der Waals surface area contributed by atoms with Crippen molar-refractivity contribution in [1.29, 1.82) is 0 Å². The zero-order valence-corrected chi connectivity index (χ0v) is 37.5. The van der Waals surface area contributed by atoms with E-state index in [1.807, 2.05) is 55.4 Å². The van der Waals surface area contributed by atoms with Crippen LogP contribution in [0.1, 0.15) is 172 Å². The van der Waals surface area contributed by atoms with Crippen LogP contribution < -0.4 is 0 Å². The number of carbonyl (C=O) groups is 2. The minimum atomic E-state index is -4.93. The third-order valence-electron chi connectivity index (χ3n) is 8.92. The summed E-state index contributed by atoms with van der Waals surface area (Å²) in [6.45, 7) is 27.6. The Hall–Kier alpha value is -1.27. The van der Waals surface area contributed by atoms with Crippen LogP contribution in [0.3, 0.4) is 0 Å².